The van der Waals surface area contributed by atoms with Crippen LogP contribution in [0.4, 0.5) is 4.79 Å². The molecule has 0 unspecified atom stereocenters. The summed E-state index contributed by atoms with van der Waals surface area (Å²) in [5, 5.41) is 0. The highest BCUT2D eigenvalue weighted by molar-refractivity contribution is 5.98. The molecule has 3 heterocycles. The van der Waals surface area contributed by atoms with Crippen LogP contribution < -0.4 is 5.56 Å². The number of likely N-dealkylation sites (tertiary alicyclic amines) is 1. The predicted octanol–water partition coefficient (Wildman–Crippen LogP) is -0.564. The van der Waals surface area contributed by atoms with Crippen LogP contribution >= 0.6 is 0 Å². The fraction of sp³-hybridized carbons (Fsp3) is 0.429. The van der Waals surface area contributed by atoms with E-state index in [0.29, 0.717) is 13.1 Å². The first-order valence-corrected chi connectivity index (χ1v) is 6.89. The molecule has 8 heteroatoms. The van der Waals surface area contributed by atoms with E-state index in [1.54, 1.807) is 19.3 Å². The van der Waals surface area contributed by atoms with Gasteiger partial charge in [-0.1, -0.05) is 0 Å². The third-order valence-electron chi connectivity index (χ3n) is 3.88. The normalized spacial score (nSPS) is 18.4. The van der Waals surface area contributed by atoms with Crippen molar-refractivity contribution in [3.05, 3.63) is 34.2 Å². The molecule has 3 rings (SSSR count). The minimum Gasteiger partial charge on any atom is -0.439 e. The van der Waals surface area contributed by atoms with Gasteiger partial charge in [0.25, 0.3) is 17.4 Å². The van der Waals surface area contributed by atoms with Gasteiger partial charge in [-0.25, -0.2) is 9.69 Å². The van der Waals surface area contributed by atoms with Crippen molar-refractivity contribution < 1.29 is 19.1 Å². The van der Waals surface area contributed by atoms with E-state index in [1.807, 2.05) is 0 Å². The number of rotatable bonds is 3. The highest BCUT2D eigenvalue weighted by Gasteiger charge is 2.38. The molecule has 8 nitrogen and oxygen atoms in total. The number of carbonyl (C=O) groups excluding carboxylic acids is 3. The second-order valence-electron chi connectivity index (χ2n) is 5.47. The highest BCUT2D eigenvalue weighted by Crippen LogP contribution is 2.20. The van der Waals surface area contributed by atoms with Gasteiger partial charge in [0.05, 0.1) is 0 Å². The van der Waals surface area contributed by atoms with Crippen LogP contribution in [-0.4, -0.2) is 58.5 Å². The Morgan fingerprint density at radius 3 is 2.68 bits per heavy atom. The van der Waals surface area contributed by atoms with Crippen LogP contribution in [0.3, 0.4) is 0 Å². The van der Waals surface area contributed by atoms with Crippen LogP contribution in [-0.2, 0) is 16.6 Å². The summed E-state index contributed by atoms with van der Waals surface area (Å²) in [4.78, 5) is 49.5. The third-order valence-corrected chi connectivity index (χ3v) is 3.88. The number of carbonyl (C=O) groups is 3. The van der Waals surface area contributed by atoms with E-state index < -0.39 is 6.09 Å². The second kappa shape index (κ2) is 5.28. The molecule has 2 saturated heterocycles. The molecule has 116 valence electrons. The fourth-order valence-corrected chi connectivity index (χ4v) is 2.60. The molecule has 0 saturated carbocycles. The smallest absolute Gasteiger partial charge is 0.417 e. The molecule has 3 amide bonds. The van der Waals surface area contributed by atoms with E-state index >= 15 is 0 Å². The SMILES string of the molecule is Cn1cccc(C(=O)N2CC(CN3C(=O)COC3=O)C2)c1=O. The number of nitrogens with zero attached hydrogens (tertiary/aromatic N) is 3. The number of imide groups is 1. The number of hydrogen-bond donors (Lipinski definition) is 0. The van der Waals surface area contributed by atoms with Crippen LogP contribution in [0.15, 0.2) is 23.1 Å². The lowest BCUT2D eigenvalue weighted by atomic mass is 9.98. The van der Waals surface area contributed by atoms with Crippen LogP contribution in [0, 0.1) is 5.92 Å². The van der Waals surface area contributed by atoms with Gasteiger partial charge >= 0.3 is 6.09 Å². The average Bonchev–Trinajstić information content (AvgIpc) is 2.76. The van der Waals surface area contributed by atoms with Crippen LogP contribution in [0.25, 0.3) is 0 Å². The van der Waals surface area contributed by atoms with Crippen molar-refractivity contribution in [1.82, 2.24) is 14.4 Å². The van der Waals surface area contributed by atoms with Gasteiger partial charge < -0.3 is 14.2 Å². The second-order valence-corrected chi connectivity index (χ2v) is 5.47. The van der Waals surface area contributed by atoms with Gasteiger partial charge in [0.15, 0.2) is 6.61 Å². The first kappa shape index (κ1) is 14.3. The topological polar surface area (TPSA) is 88.9 Å². The Morgan fingerprint density at radius 1 is 1.32 bits per heavy atom. The quantitative estimate of drug-likeness (QED) is 0.746. The molecule has 2 aliphatic rings. The zero-order valence-electron chi connectivity index (χ0n) is 12.0. The first-order valence-electron chi connectivity index (χ1n) is 6.89. The molecule has 0 aliphatic carbocycles. The molecule has 1 aromatic heterocycles. The number of aromatic nitrogens is 1. The minimum atomic E-state index is -0.633. The third kappa shape index (κ3) is 2.36. The van der Waals surface area contributed by atoms with E-state index in [-0.39, 0.29) is 42.0 Å². The lowest BCUT2D eigenvalue weighted by Gasteiger charge is -2.40. The molecule has 0 N–H and O–H groups in total. The van der Waals surface area contributed by atoms with Gasteiger partial charge in [-0.05, 0) is 12.1 Å². The first-order chi connectivity index (χ1) is 10.5. The molecule has 2 fully saturated rings. The Bertz CT molecular complexity index is 689. The van der Waals surface area contributed by atoms with Gasteiger partial charge in [0.1, 0.15) is 5.56 Å². The molecular formula is C14H15N3O5. The van der Waals surface area contributed by atoms with Crippen LogP contribution in [0.5, 0.6) is 0 Å². The predicted molar refractivity (Wildman–Crippen MR) is 74.1 cm³/mol. The summed E-state index contributed by atoms with van der Waals surface area (Å²) in [6, 6.07) is 3.14. The summed E-state index contributed by atoms with van der Waals surface area (Å²) >= 11 is 0. The average molecular weight is 305 g/mol. The summed E-state index contributed by atoms with van der Waals surface area (Å²) in [7, 11) is 1.59. The van der Waals surface area contributed by atoms with Gasteiger partial charge in [-0.3, -0.25) is 14.4 Å². The zero-order chi connectivity index (χ0) is 15.9. The molecule has 0 radical (unpaired) electrons. The number of hydrogen-bond acceptors (Lipinski definition) is 5. The number of cyclic esters (lactones) is 1. The van der Waals surface area contributed by atoms with Gasteiger partial charge in [0, 0.05) is 38.8 Å². The van der Waals surface area contributed by atoms with Crippen molar-refractivity contribution in [2.45, 2.75) is 0 Å². The van der Waals surface area contributed by atoms with E-state index in [1.165, 1.54) is 15.5 Å². The van der Waals surface area contributed by atoms with Crippen LogP contribution in [0.2, 0.25) is 0 Å². The van der Waals surface area contributed by atoms with Crippen molar-refractivity contribution in [2.75, 3.05) is 26.2 Å². The van der Waals surface area contributed by atoms with Gasteiger partial charge in [-0.15, -0.1) is 0 Å². The summed E-state index contributed by atoms with van der Waals surface area (Å²) in [6.07, 6.45) is 0.953. The number of pyridine rings is 1. The summed E-state index contributed by atoms with van der Waals surface area (Å²) < 4.78 is 5.98. The van der Waals surface area contributed by atoms with E-state index in [2.05, 4.69) is 4.74 Å². The van der Waals surface area contributed by atoms with E-state index in [9.17, 15) is 19.2 Å². The van der Waals surface area contributed by atoms with Crippen molar-refractivity contribution >= 4 is 17.9 Å². The number of ether oxygens (including phenoxy) is 1. The Balaban J connectivity index is 1.60. The van der Waals surface area contributed by atoms with Gasteiger partial charge in [-0.2, -0.15) is 0 Å². The standard InChI is InChI=1S/C14H15N3O5/c1-15-4-2-3-10(12(15)19)13(20)16-5-9(6-16)7-17-11(18)8-22-14(17)21/h2-4,9H,5-8H2,1H3. The largest absolute Gasteiger partial charge is 0.439 e. The van der Waals surface area contributed by atoms with Gasteiger partial charge in [0.2, 0.25) is 0 Å². The summed E-state index contributed by atoms with van der Waals surface area (Å²) in [6.45, 7) is 0.852. The number of aryl methyl sites for hydroxylation is 1. The van der Waals surface area contributed by atoms with Crippen molar-refractivity contribution in [2.24, 2.45) is 13.0 Å². The van der Waals surface area contributed by atoms with Crippen molar-refractivity contribution in [3.63, 3.8) is 0 Å². The Hall–Kier alpha value is -2.64. The Morgan fingerprint density at radius 2 is 2.05 bits per heavy atom. The van der Waals surface area contributed by atoms with Crippen LogP contribution in [0.1, 0.15) is 10.4 Å². The molecule has 0 atom stereocenters. The van der Waals surface area contributed by atoms with Crippen molar-refractivity contribution in [1.29, 1.82) is 0 Å². The maximum absolute atomic E-state index is 12.3. The van der Waals surface area contributed by atoms with E-state index in [4.69, 9.17) is 0 Å². The van der Waals surface area contributed by atoms with Crippen molar-refractivity contribution in [3.8, 4) is 0 Å². The number of amides is 3. The molecule has 0 spiro atoms. The summed E-state index contributed by atoms with van der Waals surface area (Å²) in [5.41, 5.74) is -0.214. The van der Waals surface area contributed by atoms with E-state index in [0.717, 1.165) is 4.90 Å². The molecule has 22 heavy (non-hydrogen) atoms. The molecule has 1 aromatic rings. The zero-order valence-corrected chi connectivity index (χ0v) is 12.0. The molecular weight excluding hydrogens is 290 g/mol. The maximum atomic E-state index is 12.3. The fourth-order valence-electron chi connectivity index (χ4n) is 2.60. The monoisotopic (exact) mass is 305 g/mol. The lowest BCUT2D eigenvalue weighted by molar-refractivity contribution is -0.126. The molecule has 0 bridgehead atoms. The highest BCUT2D eigenvalue weighted by atomic mass is 16.6. The molecule has 0 aromatic carbocycles. The summed E-state index contributed by atoms with van der Waals surface area (Å²) in [5.74, 6) is -0.661. The maximum Gasteiger partial charge on any atom is 0.417 e. The molecule has 2 aliphatic heterocycles. The lowest BCUT2D eigenvalue weighted by Crippen LogP contribution is -2.55. The minimum absolute atomic E-state index is 0.0196. The Kier molecular flexibility index (Phi) is 3.44. The Labute approximate surface area is 125 Å².